The monoisotopic (exact) mass is 180 g/mol. The second-order valence-corrected chi connectivity index (χ2v) is 3.78. The van der Waals surface area contributed by atoms with E-state index in [4.69, 9.17) is 4.74 Å². The van der Waals surface area contributed by atoms with Gasteiger partial charge in [0, 0.05) is 5.57 Å². The molecule has 0 radical (unpaired) electrons. The molecule has 0 spiro atoms. The summed E-state index contributed by atoms with van der Waals surface area (Å²) >= 11 is 0. The molecule has 0 aromatic rings. The molecule has 0 bridgehead atoms. The van der Waals surface area contributed by atoms with Crippen molar-refractivity contribution in [1.82, 2.24) is 0 Å². The van der Waals surface area contributed by atoms with Gasteiger partial charge in [0.2, 0.25) is 0 Å². The third-order valence-corrected chi connectivity index (χ3v) is 2.21. The summed E-state index contributed by atoms with van der Waals surface area (Å²) in [6.45, 7) is 9.61. The highest BCUT2D eigenvalue weighted by atomic mass is 16.6. The lowest BCUT2D eigenvalue weighted by Crippen LogP contribution is -2.20. The Hall–Kier alpha value is -1.05. The molecular weight excluding hydrogens is 164 g/mol. The Morgan fingerprint density at radius 3 is 2.54 bits per heavy atom. The minimum Gasteiger partial charge on any atom is -0.451 e. The number of rotatable bonds is 2. The Balaban J connectivity index is 2.93. The van der Waals surface area contributed by atoms with E-state index in [9.17, 15) is 4.79 Å². The Kier molecular flexibility index (Phi) is 2.60. The lowest BCUT2D eigenvalue weighted by Gasteiger charge is -2.17. The van der Waals surface area contributed by atoms with Gasteiger partial charge in [-0.05, 0) is 20.3 Å². The standard InChI is InChI=1S/C11H16O2/c1-5-6-7-9-8(2)10(12)13-11(9,3)4/h7H,2,5-6H2,1,3-4H3/b9-7+. The first-order valence-corrected chi connectivity index (χ1v) is 4.62. The number of cyclic esters (lactones) is 1. The van der Waals surface area contributed by atoms with Gasteiger partial charge in [-0.1, -0.05) is 26.0 Å². The molecule has 1 aliphatic rings. The van der Waals surface area contributed by atoms with Gasteiger partial charge in [0.15, 0.2) is 0 Å². The molecule has 13 heavy (non-hydrogen) atoms. The first-order valence-electron chi connectivity index (χ1n) is 4.62. The fourth-order valence-electron chi connectivity index (χ4n) is 1.48. The predicted molar refractivity (Wildman–Crippen MR) is 52.3 cm³/mol. The number of hydrogen-bond acceptors (Lipinski definition) is 2. The van der Waals surface area contributed by atoms with Crippen LogP contribution in [0.15, 0.2) is 23.8 Å². The minimum absolute atomic E-state index is 0.285. The maximum absolute atomic E-state index is 11.2. The molecule has 72 valence electrons. The molecule has 0 N–H and O–H groups in total. The van der Waals surface area contributed by atoms with Crippen molar-refractivity contribution in [3.63, 3.8) is 0 Å². The van der Waals surface area contributed by atoms with Crippen molar-refractivity contribution in [2.75, 3.05) is 0 Å². The molecule has 1 saturated heterocycles. The number of carbonyl (C=O) groups excluding carboxylic acids is 1. The smallest absolute Gasteiger partial charge is 0.338 e. The minimum atomic E-state index is -0.483. The normalized spacial score (nSPS) is 23.8. The summed E-state index contributed by atoms with van der Waals surface area (Å²) in [5, 5.41) is 0. The second-order valence-electron chi connectivity index (χ2n) is 3.78. The zero-order valence-electron chi connectivity index (χ0n) is 8.52. The van der Waals surface area contributed by atoms with E-state index in [1.807, 2.05) is 19.9 Å². The van der Waals surface area contributed by atoms with Crippen LogP contribution < -0.4 is 0 Å². The van der Waals surface area contributed by atoms with Crippen molar-refractivity contribution in [1.29, 1.82) is 0 Å². The molecule has 1 heterocycles. The Morgan fingerprint density at radius 1 is 1.54 bits per heavy atom. The molecule has 2 heteroatoms. The van der Waals surface area contributed by atoms with Crippen LogP contribution in [0.4, 0.5) is 0 Å². The van der Waals surface area contributed by atoms with Gasteiger partial charge in [0.05, 0.1) is 5.57 Å². The molecule has 0 saturated carbocycles. The van der Waals surface area contributed by atoms with Crippen molar-refractivity contribution in [3.05, 3.63) is 23.8 Å². The zero-order valence-corrected chi connectivity index (χ0v) is 8.52. The second kappa shape index (κ2) is 3.36. The number of allylic oxidation sites excluding steroid dienone is 1. The molecule has 1 aliphatic heterocycles. The quantitative estimate of drug-likeness (QED) is 0.482. The Labute approximate surface area is 79.3 Å². The van der Waals surface area contributed by atoms with Crippen LogP contribution in [0.3, 0.4) is 0 Å². The molecule has 0 aliphatic carbocycles. The third-order valence-electron chi connectivity index (χ3n) is 2.21. The summed E-state index contributed by atoms with van der Waals surface area (Å²) in [6, 6.07) is 0. The maximum atomic E-state index is 11.2. The van der Waals surface area contributed by atoms with Crippen molar-refractivity contribution in [2.45, 2.75) is 39.2 Å². The molecule has 2 nitrogen and oxygen atoms in total. The summed E-state index contributed by atoms with van der Waals surface area (Å²) in [4.78, 5) is 11.2. The molecule has 1 fully saturated rings. The van der Waals surface area contributed by atoms with Gasteiger partial charge < -0.3 is 4.74 Å². The van der Waals surface area contributed by atoms with Crippen LogP contribution >= 0.6 is 0 Å². The number of unbranched alkanes of at least 4 members (excludes halogenated alkanes) is 1. The van der Waals surface area contributed by atoms with Gasteiger partial charge in [-0.2, -0.15) is 0 Å². The predicted octanol–water partition coefficient (Wildman–Crippen LogP) is 2.60. The lowest BCUT2D eigenvalue weighted by molar-refractivity contribution is -0.142. The summed E-state index contributed by atoms with van der Waals surface area (Å²) in [5.74, 6) is -0.285. The van der Waals surface area contributed by atoms with Gasteiger partial charge in [-0.25, -0.2) is 4.79 Å². The van der Waals surface area contributed by atoms with E-state index >= 15 is 0 Å². The summed E-state index contributed by atoms with van der Waals surface area (Å²) in [6.07, 6.45) is 4.09. The maximum Gasteiger partial charge on any atom is 0.338 e. The van der Waals surface area contributed by atoms with E-state index < -0.39 is 5.60 Å². The van der Waals surface area contributed by atoms with Crippen molar-refractivity contribution in [3.8, 4) is 0 Å². The number of hydrogen-bond donors (Lipinski definition) is 0. The highest BCUT2D eigenvalue weighted by molar-refractivity contribution is 5.97. The highest BCUT2D eigenvalue weighted by Crippen LogP contribution is 2.35. The van der Waals surface area contributed by atoms with Crippen LogP contribution in [0.5, 0.6) is 0 Å². The van der Waals surface area contributed by atoms with Gasteiger partial charge in [-0.3, -0.25) is 0 Å². The third kappa shape index (κ3) is 1.82. The topological polar surface area (TPSA) is 26.3 Å². The van der Waals surface area contributed by atoms with Crippen molar-refractivity contribution >= 4 is 5.97 Å². The van der Waals surface area contributed by atoms with E-state index in [1.54, 1.807) is 0 Å². The largest absolute Gasteiger partial charge is 0.451 e. The van der Waals surface area contributed by atoms with E-state index in [2.05, 4.69) is 13.5 Å². The number of carbonyl (C=O) groups is 1. The van der Waals surface area contributed by atoms with Crippen LogP contribution in [0.25, 0.3) is 0 Å². The average molecular weight is 180 g/mol. The fourth-order valence-corrected chi connectivity index (χ4v) is 1.48. The van der Waals surface area contributed by atoms with Crippen molar-refractivity contribution < 1.29 is 9.53 Å². The average Bonchev–Trinajstić information content (AvgIpc) is 2.20. The molecule has 0 aromatic heterocycles. The van der Waals surface area contributed by atoms with E-state index in [0.29, 0.717) is 5.57 Å². The summed E-state index contributed by atoms with van der Waals surface area (Å²) in [5.41, 5.74) is 0.973. The van der Waals surface area contributed by atoms with Gasteiger partial charge in [0.1, 0.15) is 5.60 Å². The fraction of sp³-hybridized carbons (Fsp3) is 0.545. The van der Waals surface area contributed by atoms with E-state index in [-0.39, 0.29) is 5.97 Å². The van der Waals surface area contributed by atoms with Gasteiger partial charge in [0.25, 0.3) is 0 Å². The first kappa shape index (κ1) is 10.0. The summed E-state index contributed by atoms with van der Waals surface area (Å²) in [7, 11) is 0. The SMILES string of the molecule is C=C1C(=O)OC(C)(C)/C1=C/CCC. The summed E-state index contributed by atoms with van der Waals surface area (Å²) < 4.78 is 5.16. The van der Waals surface area contributed by atoms with E-state index in [0.717, 1.165) is 18.4 Å². The zero-order chi connectivity index (χ0) is 10.1. The van der Waals surface area contributed by atoms with Crippen molar-refractivity contribution in [2.24, 2.45) is 0 Å². The molecule has 0 aromatic carbocycles. The lowest BCUT2D eigenvalue weighted by atomic mass is 9.94. The molecular formula is C11H16O2. The van der Waals surface area contributed by atoms with Crippen LogP contribution in [-0.2, 0) is 9.53 Å². The van der Waals surface area contributed by atoms with Crippen LogP contribution in [0.1, 0.15) is 33.6 Å². The van der Waals surface area contributed by atoms with E-state index in [1.165, 1.54) is 0 Å². The molecule has 0 amide bonds. The molecule has 0 atom stereocenters. The molecule has 1 rings (SSSR count). The number of esters is 1. The van der Waals surface area contributed by atoms with Crippen LogP contribution in [0.2, 0.25) is 0 Å². The highest BCUT2D eigenvalue weighted by Gasteiger charge is 2.39. The van der Waals surface area contributed by atoms with Crippen LogP contribution in [0, 0.1) is 0 Å². The first-order chi connectivity index (χ1) is 5.99. The van der Waals surface area contributed by atoms with Crippen LogP contribution in [-0.4, -0.2) is 11.6 Å². The Morgan fingerprint density at radius 2 is 2.15 bits per heavy atom. The van der Waals surface area contributed by atoms with Gasteiger partial charge in [-0.15, -0.1) is 0 Å². The Bertz CT molecular complexity index is 272. The molecule has 0 unspecified atom stereocenters. The van der Waals surface area contributed by atoms with Gasteiger partial charge >= 0.3 is 5.97 Å². The number of ether oxygens (including phenoxy) is 1.